The topological polar surface area (TPSA) is 86.1 Å². The Bertz CT molecular complexity index is 1450. The van der Waals surface area contributed by atoms with Gasteiger partial charge in [-0.3, -0.25) is 14.7 Å². The van der Waals surface area contributed by atoms with Gasteiger partial charge >= 0.3 is 5.97 Å². The lowest BCUT2D eigenvalue weighted by Gasteiger charge is -2.40. The second kappa shape index (κ2) is 16.3. The summed E-state index contributed by atoms with van der Waals surface area (Å²) in [6, 6.07) is 14.6. The highest BCUT2D eigenvalue weighted by Gasteiger charge is 2.31. The minimum Gasteiger partial charge on any atom is -0.493 e. The Morgan fingerprint density at radius 3 is 2.17 bits per heavy atom. The first-order valence-corrected chi connectivity index (χ1v) is 17.8. The molecular formula is C38H52FN3O4S. The number of aliphatic hydroxyl groups is 1. The minimum atomic E-state index is -0.838. The van der Waals surface area contributed by atoms with E-state index in [1.807, 2.05) is 30.8 Å². The molecular weight excluding hydrogens is 614 g/mol. The van der Waals surface area contributed by atoms with E-state index in [2.05, 4.69) is 35.8 Å². The fourth-order valence-electron chi connectivity index (χ4n) is 5.88. The van der Waals surface area contributed by atoms with Crippen LogP contribution in [0.5, 0.6) is 5.75 Å². The van der Waals surface area contributed by atoms with E-state index >= 15 is 0 Å². The summed E-state index contributed by atoms with van der Waals surface area (Å²) in [4.78, 5) is 22.1. The molecule has 3 heterocycles. The maximum Gasteiger partial charge on any atom is 0.307 e. The zero-order chi connectivity index (χ0) is 34.2. The maximum absolute atomic E-state index is 13.2. The summed E-state index contributed by atoms with van der Waals surface area (Å²) in [5.41, 5.74) is 6.55. The van der Waals surface area contributed by atoms with Gasteiger partial charge in [0.15, 0.2) is 0 Å². The Hall–Kier alpha value is -3.14. The molecule has 0 aliphatic carbocycles. The summed E-state index contributed by atoms with van der Waals surface area (Å²) in [7, 11) is 0. The van der Waals surface area contributed by atoms with E-state index in [-0.39, 0.29) is 17.7 Å². The van der Waals surface area contributed by atoms with Gasteiger partial charge < -0.3 is 19.8 Å². The second-order valence-corrected chi connectivity index (χ2v) is 15.6. The van der Waals surface area contributed by atoms with Crippen LogP contribution in [0.2, 0.25) is 0 Å². The molecule has 2 aliphatic rings. The minimum absolute atomic E-state index is 0.0493. The molecule has 2 aromatic carbocycles. The average Bonchev–Trinajstić information content (AvgIpc) is 2.99. The van der Waals surface area contributed by atoms with Gasteiger partial charge in [0.2, 0.25) is 0 Å². The molecule has 9 heteroatoms. The first-order chi connectivity index (χ1) is 22.2. The zero-order valence-corrected chi connectivity index (χ0v) is 29.8. The summed E-state index contributed by atoms with van der Waals surface area (Å²) in [6.45, 7) is 16.9. The number of anilines is 1. The number of pyridine rings is 1. The van der Waals surface area contributed by atoms with Crippen LogP contribution in [0, 0.1) is 18.2 Å². The van der Waals surface area contributed by atoms with Gasteiger partial charge in [-0.2, -0.15) is 11.8 Å². The van der Waals surface area contributed by atoms with E-state index in [1.54, 1.807) is 32.9 Å². The van der Waals surface area contributed by atoms with Gasteiger partial charge in [-0.1, -0.05) is 38.1 Å². The number of ether oxygens (including phenoxy) is 1. The Morgan fingerprint density at radius 1 is 1.00 bits per heavy atom. The number of carbonyl (C=O) groups is 1. The van der Waals surface area contributed by atoms with E-state index in [0.29, 0.717) is 13.0 Å². The molecule has 2 aliphatic heterocycles. The third kappa shape index (κ3) is 11.5. The number of thioether (sulfide) groups is 1. The van der Waals surface area contributed by atoms with Crippen LogP contribution >= 0.6 is 11.8 Å². The fraction of sp³-hybridized carbons (Fsp3) is 0.526. The molecule has 0 unspecified atom stereocenters. The lowest BCUT2D eigenvalue weighted by atomic mass is 9.82. The Morgan fingerprint density at radius 2 is 1.60 bits per heavy atom. The number of carboxylic acids is 1. The highest BCUT2D eigenvalue weighted by molar-refractivity contribution is 7.99. The van der Waals surface area contributed by atoms with Crippen LogP contribution in [0.15, 0.2) is 48.5 Å². The molecule has 1 aromatic heterocycles. The lowest BCUT2D eigenvalue weighted by molar-refractivity contribution is -0.136. The predicted octanol–water partition coefficient (Wildman–Crippen LogP) is 7.40. The summed E-state index contributed by atoms with van der Waals surface area (Å²) in [5.74, 6) is 1.92. The van der Waals surface area contributed by atoms with Crippen LogP contribution in [-0.2, 0) is 24.2 Å². The largest absolute Gasteiger partial charge is 0.493 e. The molecule has 0 saturated carbocycles. The van der Waals surface area contributed by atoms with E-state index in [4.69, 9.17) is 14.8 Å². The smallest absolute Gasteiger partial charge is 0.307 e. The number of rotatable bonds is 10. The van der Waals surface area contributed by atoms with Gasteiger partial charge in [-0.15, -0.1) is 0 Å². The molecule has 7 nitrogen and oxygen atoms in total. The molecule has 0 spiro atoms. The molecule has 0 radical (unpaired) electrons. The Labute approximate surface area is 284 Å². The summed E-state index contributed by atoms with van der Waals surface area (Å²) < 4.78 is 19.3. The van der Waals surface area contributed by atoms with Crippen LogP contribution in [0.1, 0.15) is 70.0 Å². The van der Waals surface area contributed by atoms with Crippen LogP contribution in [0.25, 0.3) is 11.1 Å². The van der Waals surface area contributed by atoms with Crippen LogP contribution in [0.3, 0.4) is 0 Å². The van der Waals surface area contributed by atoms with Crippen molar-refractivity contribution in [3.63, 3.8) is 0 Å². The van der Waals surface area contributed by atoms with Gasteiger partial charge in [-0.05, 0) is 81.3 Å². The van der Waals surface area contributed by atoms with E-state index < -0.39 is 11.6 Å². The quantitative estimate of drug-likeness (QED) is 0.232. The molecule has 2 saturated heterocycles. The number of aryl methyl sites for hydroxylation is 1. The van der Waals surface area contributed by atoms with Crippen molar-refractivity contribution in [3.8, 4) is 16.9 Å². The molecule has 256 valence electrons. The molecule has 2 fully saturated rings. The van der Waals surface area contributed by atoms with E-state index in [9.17, 15) is 14.3 Å². The fourth-order valence-corrected chi connectivity index (χ4v) is 6.86. The van der Waals surface area contributed by atoms with Gasteiger partial charge in [-0.25, -0.2) is 4.39 Å². The van der Waals surface area contributed by atoms with Crippen LogP contribution in [0.4, 0.5) is 10.1 Å². The first kappa shape index (κ1) is 36.7. The third-order valence-electron chi connectivity index (χ3n) is 8.50. The Kier molecular flexibility index (Phi) is 12.7. The van der Waals surface area contributed by atoms with Crippen LogP contribution < -0.4 is 9.64 Å². The SMILES string of the molecule is CC(C)(C)O.Cc1nc(CN2CCSCC2)c(-c2ccc(OCCc3ccc(F)cc3)cc2)c(N2CCC(C)(C)CC2)c1CC(=O)O. The summed E-state index contributed by atoms with van der Waals surface area (Å²) >= 11 is 1.99. The number of hydrogen-bond acceptors (Lipinski definition) is 7. The predicted molar refractivity (Wildman–Crippen MR) is 191 cm³/mol. The molecule has 0 atom stereocenters. The molecule has 0 amide bonds. The van der Waals surface area contributed by atoms with Gasteiger partial charge in [0.25, 0.3) is 0 Å². The summed E-state index contributed by atoms with van der Waals surface area (Å²) in [6.07, 6.45) is 2.75. The monoisotopic (exact) mass is 665 g/mol. The molecule has 2 N–H and O–H groups in total. The van der Waals surface area contributed by atoms with Crippen molar-refractivity contribution in [2.45, 2.75) is 79.4 Å². The van der Waals surface area contributed by atoms with Gasteiger partial charge in [0.05, 0.1) is 30.0 Å². The molecule has 3 aromatic rings. The average molecular weight is 666 g/mol. The number of aromatic nitrogens is 1. The Balaban J connectivity index is 0.000000930. The number of aliphatic carboxylic acids is 1. The van der Waals surface area contributed by atoms with Crippen molar-refractivity contribution < 1.29 is 24.1 Å². The normalized spacial score (nSPS) is 16.7. The van der Waals surface area contributed by atoms with E-state index in [0.717, 1.165) is 102 Å². The number of carboxylic acid groups (broad SMARTS) is 1. The number of hydrogen-bond donors (Lipinski definition) is 2. The van der Waals surface area contributed by atoms with Crippen molar-refractivity contribution in [2.75, 3.05) is 49.2 Å². The highest BCUT2D eigenvalue weighted by atomic mass is 32.2. The summed E-state index contributed by atoms with van der Waals surface area (Å²) in [5, 5.41) is 18.4. The lowest BCUT2D eigenvalue weighted by Crippen LogP contribution is -2.39. The highest BCUT2D eigenvalue weighted by Crippen LogP contribution is 2.42. The second-order valence-electron chi connectivity index (χ2n) is 14.4. The standard InChI is InChI=1S/C34H42FN3O3S.C4H10O/c1-24-29(22-31(39)40)33(38-15-13-34(2,3)14-16-38)32(30(36-24)23-37-17-20-42-21-18-37)26-6-10-28(11-7-26)41-19-12-25-4-8-27(35)9-5-25;1-4(2,3)5/h4-11H,12-23H2,1-3H3,(H,39,40);5H,1-3H3. The molecule has 5 rings (SSSR count). The van der Waals surface area contributed by atoms with Crippen molar-refractivity contribution in [1.29, 1.82) is 0 Å². The number of halogens is 1. The number of nitrogens with zero attached hydrogens (tertiary/aromatic N) is 3. The van der Waals surface area contributed by atoms with Crippen molar-refractivity contribution in [3.05, 3.63) is 76.9 Å². The zero-order valence-electron chi connectivity index (χ0n) is 28.9. The van der Waals surface area contributed by atoms with Crippen molar-refractivity contribution in [1.82, 2.24) is 9.88 Å². The van der Waals surface area contributed by atoms with E-state index in [1.165, 1.54) is 12.1 Å². The molecule has 47 heavy (non-hydrogen) atoms. The number of piperidine rings is 1. The third-order valence-corrected chi connectivity index (χ3v) is 9.45. The van der Waals surface area contributed by atoms with Crippen LogP contribution in [-0.4, -0.2) is 76.0 Å². The van der Waals surface area contributed by atoms with Gasteiger partial charge in [0.1, 0.15) is 11.6 Å². The van der Waals surface area contributed by atoms with Gasteiger partial charge in [0, 0.05) is 67.5 Å². The van der Waals surface area contributed by atoms with Crippen molar-refractivity contribution >= 4 is 23.4 Å². The van der Waals surface area contributed by atoms with Crippen molar-refractivity contribution in [2.24, 2.45) is 5.41 Å². The molecule has 0 bridgehead atoms. The number of benzene rings is 2. The first-order valence-electron chi connectivity index (χ1n) is 16.7. The maximum atomic E-state index is 13.2.